The number of fused-ring (bicyclic) bond motifs is 4. The molecule has 2 N–H and O–H groups in total. The number of nitrogens with zero attached hydrogens (tertiary/aromatic N) is 4. The van der Waals surface area contributed by atoms with E-state index in [0.717, 1.165) is 54.9 Å². The number of aromatic nitrogens is 3. The number of rotatable bonds is 3. The zero-order valence-corrected chi connectivity index (χ0v) is 19.4. The number of hydrogen-bond acceptors (Lipinski definition) is 6. The van der Waals surface area contributed by atoms with Crippen molar-refractivity contribution in [1.82, 2.24) is 24.3 Å². The Kier molecular flexibility index (Phi) is 5.41. The van der Waals surface area contributed by atoms with E-state index in [1.165, 1.54) is 11.6 Å². The van der Waals surface area contributed by atoms with Crippen LogP contribution in [-0.2, 0) is 20.1 Å². The minimum atomic E-state index is -0.351. The predicted octanol–water partition coefficient (Wildman–Crippen LogP) is 1.21. The SMILES string of the molecule is CNC(=O)c1ccc2n(c1=O)CCC1CN(Cc3ccc4c(=S)n(C)c(=O)[nH]c4c3)CCN21. The second-order valence-electron chi connectivity index (χ2n) is 8.69. The van der Waals surface area contributed by atoms with Gasteiger partial charge < -0.3 is 15.2 Å². The van der Waals surface area contributed by atoms with Gasteiger partial charge in [0.05, 0.1) is 5.52 Å². The number of carbonyl (C=O) groups is 1. The lowest BCUT2D eigenvalue weighted by molar-refractivity contribution is 0.0960. The Morgan fingerprint density at radius 2 is 2.00 bits per heavy atom. The summed E-state index contributed by atoms with van der Waals surface area (Å²) >= 11 is 5.40. The maximum absolute atomic E-state index is 12.8. The fourth-order valence-corrected chi connectivity index (χ4v) is 5.20. The molecule has 4 heterocycles. The number of carbonyl (C=O) groups excluding carboxylic acids is 1. The second kappa shape index (κ2) is 8.27. The summed E-state index contributed by atoms with van der Waals surface area (Å²) in [5.74, 6) is 0.536. The van der Waals surface area contributed by atoms with Gasteiger partial charge in [0, 0.05) is 58.2 Å². The first kappa shape index (κ1) is 21.6. The van der Waals surface area contributed by atoms with Gasteiger partial charge in [-0.05, 0) is 36.2 Å². The van der Waals surface area contributed by atoms with Crippen LogP contribution >= 0.6 is 12.2 Å². The van der Waals surface area contributed by atoms with Gasteiger partial charge in [0.15, 0.2) is 0 Å². The van der Waals surface area contributed by atoms with Crippen LogP contribution in [0.5, 0.6) is 0 Å². The molecule has 2 aliphatic heterocycles. The van der Waals surface area contributed by atoms with Crippen LogP contribution in [0, 0.1) is 4.64 Å². The Balaban J connectivity index is 1.35. The second-order valence-corrected chi connectivity index (χ2v) is 9.07. The van der Waals surface area contributed by atoms with Crippen LogP contribution in [0.25, 0.3) is 10.9 Å². The van der Waals surface area contributed by atoms with Crippen LogP contribution in [-0.4, -0.2) is 57.6 Å². The van der Waals surface area contributed by atoms with Gasteiger partial charge >= 0.3 is 5.69 Å². The van der Waals surface area contributed by atoms with E-state index >= 15 is 0 Å². The maximum Gasteiger partial charge on any atom is 0.326 e. The van der Waals surface area contributed by atoms with Gasteiger partial charge in [-0.1, -0.05) is 18.3 Å². The zero-order valence-electron chi connectivity index (χ0n) is 18.6. The summed E-state index contributed by atoms with van der Waals surface area (Å²) in [5.41, 5.74) is 1.62. The number of benzene rings is 1. The largest absolute Gasteiger partial charge is 0.355 e. The number of anilines is 1. The van der Waals surface area contributed by atoms with Crippen molar-refractivity contribution in [3.05, 3.63) is 66.9 Å². The van der Waals surface area contributed by atoms with Gasteiger partial charge in [0.2, 0.25) is 0 Å². The van der Waals surface area contributed by atoms with Crippen LogP contribution < -0.4 is 21.5 Å². The average Bonchev–Trinajstić information content (AvgIpc) is 2.82. The van der Waals surface area contributed by atoms with Crippen molar-refractivity contribution in [3.8, 4) is 0 Å². The first-order valence-corrected chi connectivity index (χ1v) is 11.4. The van der Waals surface area contributed by atoms with Crippen molar-refractivity contribution in [3.63, 3.8) is 0 Å². The monoisotopic (exact) mass is 466 g/mol. The van der Waals surface area contributed by atoms with Gasteiger partial charge in [0.1, 0.15) is 16.0 Å². The van der Waals surface area contributed by atoms with Crippen molar-refractivity contribution >= 4 is 34.8 Å². The van der Waals surface area contributed by atoms with Crippen molar-refractivity contribution in [2.75, 3.05) is 31.6 Å². The third-order valence-electron chi connectivity index (χ3n) is 6.74. The lowest BCUT2D eigenvalue weighted by Crippen LogP contribution is -2.56. The number of piperazine rings is 1. The molecule has 1 fully saturated rings. The van der Waals surface area contributed by atoms with Crippen LogP contribution in [0.2, 0.25) is 0 Å². The molecule has 10 heteroatoms. The Labute approximate surface area is 195 Å². The average molecular weight is 467 g/mol. The molecule has 5 rings (SSSR count). The molecule has 9 nitrogen and oxygen atoms in total. The Morgan fingerprint density at radius 1 is 1.18 bits per heavy atom. The third kappa shape index (κ3) is 3.68. The molecule has 172 valence electrons. The number of nitrogens with one attached hydrogen (secondary N) is 2. The molecular formula is C23H26N6O3S. The van der Waals surface area contributed by atoms with Crippen molar-refractivity contribution in [2.45, 2.75) is 25.6 Å². The first-order chi connectivity index (χ1) is 15.9. The molecule has 0 aliphatic carbocycles. The van der Waals surface area contributed by atoms with E-state index in [1.807, 2.05) is 18.2 Å². The molecule has 0 bridgehead atoms. The van der Waals surface area contributed by atoms with E-state index in [9.17, 15) is 14.4 Å². The van der Waals surface area contributed by atoms with Crippen LogP contribution in [0.3, 0.4) is 0 Å². The summed E-state index contributed by atoms with van der Waals surface area (Å²) in [5, 5.41) is 3.40. The van der Waals surface area contributed by atoms with Gasteiger partial charge in [-0.3, -0.25) is 23.6 Å². The molecule has 2 aliphatic rings. The smallest absolute Gasteiger partial charge is 0.326 e. The summed E-state index contributed by atoms with van der Waals surface area (Å²) < 4.78 is 3.70. The van der Waals surface area contributed by atoms with E-state index < -0.39 is 0 Å². The fraction of sp³-hybridized carbons (Fsp3) is 0.391. The predicted molar refractivity (Wildman–Crippen MR) is 129 cm³/mol. The van der Waals surface area contributed by atoms with Crippen molar-refractivity contribution in [2.24, 2.45) is 7.05 Å². The molecule has 33 heavy (non-hydrogen) atoms. The molecule has 3 aromatic rings. The van der Waals surface area contributed by atoms with E-state index in [0.29, 0.717) is 17.2 Å². The highest BCUT2D eigenvalue weighted by atomic mass is 32.1. The number of aromatic amines is 1. The van der Waals surface area contributed by atoms with E-state index in [-0.39, 0.29) is 22.7 Å². The van der Waals surface area contributed by atoms with Crippen LogP contribution in [0.15, 0.2) is 39.9 Å². The Bertz CT molecular complexity index is 1440. The highest BCUT2D eigenvalue weighted by Crippen LogP contribution is 2.28. The summed E-state index contributed by atoms with van der Waals surface area (Å²) in [6.07, 6.45) is 0.849. The standard InChI is InChI=1S/C23H26N6O3S/c1-24-20(30)17-5-6-19-28-10-9-27(13-15(28)7-8-29(19)21(17)31)12-14-3-4-16-18(11-14)25-23(32)26(2)22(16)33/h3-6,11,15H,7-10,12-13H2,1-2H3,(H,24,30)(H,25,32). The molecule has 0 radical (unpaired) electrons. The quantitative estimate of drug-likeness (QED) is 0.564. The minimum Gasteiger partial charge on any atom is -0.355 e. The molecular weight excluding hydrogens is 440 g/mol. The van der Waals surface area contributed by atoms with Gasteiger partial charge in [0.25, 0.3) is 11.5 Å². The lowest BCUT2D eigenvalue weighted by atomic mass is 10.0. The maximum atomic E-state index is 12.8. The number of pyridine rings is 1. The normalized spacial score (nSPS) is 18.1. The third-order valence-corrected chi connectivity index (χ3v) is 7.24. The molecule has 1 amide bonds. The summed E-state index contributed by atoms with van der Waals surface area (Å²) in [6.45, 7) is 3.92. The van der Waals surface area contributed by atoms with Gasteiger partial charge in [-0.25, -0.2) is 4.79 Å². The molecule has 1 unspecified atom stereocenters. The lowest BCUT2D eigenvalue weighted by Gasteiger charge is -2.46. The fourth-order valence-electron chi connectivity index (χ4n) is 4.94. The van der Waals surface area contributed by atoms with Gasteiger partial charge in [-0.15, -0.1) is 0 Å². The number of hydrogen-bond donors (Lipinski definition) is 2. The summed E-state index contributed by atoms with van der Waals surface area (Å²) in [7, 11) is 3.20. The number of H-pyrrole nitrogens is 1. The van der Waals surface area contributed by atoms with Crippen molar-refractivity contribution < 1.29 is 4.79 Å². The van der Waals surface area contributed by atoms with E-state index in [1.54, 1.807) is 17.7 Å². The number of amides is 1. The molecule has 1 atom stereocenters. The van der Waals surface area contributed by atoms with Crippen LogP contribution in [0.4, 0.5) is 5.82 Å². The Hall–Kier alpha value is -3.24. The van der Waals surface area contributed by atoms with E-state index in [4.69, 9.17) is 12.2 Å². The first-order valence-electron chi connectivity index (χ1n) is 11.0. The highest BCUT2D eigenvalue weighted by Gasteiger charge is 2.33. The summed E-state index contributed by atoms with van der Waals surface area (Å²) in [6, 6.07) is 9.88. The minimum absolute atomic E-state index is 0.184. The van der Waals surface area contributed by atoms with Crippen molar-refractivity contribution in [1.29, 1.82) is 0 Å². The molecule has 2 aromatic heterocycles. The summed E-state index contributed by atoms with van der Waals surface area (Å²) in [4.78, 5) is 44.5. The van der Waals surface area contributed by atoms with Gasteiger partial charge in [-0.2, -0.15) is 0 Å². The molecule has 1 aromatic carbocycles. The Morgan fingerprint density at radius 3 is 2.79 bits per heavy atom. The van der Waals surface area contributed by atoms with E-state index in [2.05, 4.69) is 26.2 Å². The topological polar surface area (TPSA) is 95.4 Å². The highest BCUT2D eigenvalue weighted by molar-refractivity contribution is 7.71. The zero-order chi connectivity index (χ0) is 23.3. The molecule has 0 saturated carbocycles. The van der Waals surface area contributed by atoms with Crippen LogP contribution in [0.1, 0.15) is 22.3 Å². The molecule has 0 spiro atoms. The molecule has 1 saturated heterocycles.